The van der Waals surface area contributed by atoms with Gasteiger partial charge in [-0.05, 0) is 35.9 Å². The highest BCUT2D eigenvalue weighted by Crippen LogP contribution is 2.33. The molecule has 0 radical (unpaired) electrons. The summed E-state index contributed by atoms with van der Waals surface area (Å²) < 4.78 is 10.7. The Hall–Kier alpha value is -2.13. The van der Waals surface area contributed by atoms with Gasteiger partial charge in [0.15, 0.2) is 0 Å². The fourth-order valence-corrected chi connectivity index (χ4v) is 1.96. The highest BCUT2D eigenvalue weighted by molar-refractivity contribution is 6.31. The maximum Gasteiger partial charge on any atom is 0.144 e. The second-order valence-electron chi connectivity index (χ2n) is 4.22. The normalized spacial score (nSPS) is 10.1. The Bertz CT molecular complexity index is 606. The van der Waals surface area contributed by atoms with Crippen molar-refractivity contribution in [1.82, 2.24) is 0 Å². The summed E-state index contributed by atoms with van der Waals surface area (Å²) in [7, 11) is 1.62. The van der Waals surface area contributed by atoms with Crippen LogP contribution in [0.3, 0.4) is 0 Å². The second-order valence-corrected chi connectivity index (χ2v) is 4.66. The van der Waals surface area contributed by atoms with E-state index in [-0.39, 0.29) is 12.4 Å². The molecule has 0 unspecified atom stereocenters. The zero-order valence-electron chi connectivity index (χ0n) is 11.1. The molecule has 20 heavy (non-hydrogen) atoms. The van der Waals surface area contributed by atoms with Gasteiger partial charge >= 0.3 is 0 Å². The smallest absolute Gasteiger partial charge is 0.144 e. The molecule has 0 heterocycles. The molecular formula is C16H15ClO3. The van der Waals surface area contributed by atoms with E-state index in [4.69, 9.17) is 26.2 Å². The van der Waals surface area contributed by atoms with Gasteiger partial charge in [0.1, 0.15) is 23.9 Å². The molecule has 0 aliphatic carbocycles. The number of benzene rings is 2. The molecule has 0 saturated carbocycles. The molecule has 0 bridgehead atoms. The second kappa shape index (κ2) is 6.35. The number of hydrogen-bond acceptors (Lipinski definition) is 3. The van der Waals surface area contributed by atoms with Gasteiger partial charge in [0, 0.05) is 10.6 Å². The fraction of sp³-hybridized carbons (Fsp3) is 0.125. The van der Waals surface area contributed by atoms with E-state index in [0.29, 0.717) is 10.8 Å². The Labute approximate surface area is 123 Å². The standard InChI is InChI=1S/C16H15ClO3/c1-11(18)10-20-16-8-5-13(17)9-15(16)12-3-6-14(19-2)7-4-12/h3-9,18H,1,10H2,2H3. The van der Waals surface area contributed by atoms with Crippen molar-refractivity contribution in [3.63, 3.8) is 0 Å². The quantitative estimate of drug-likeness (QED) is 0.826. The van der Waals surface area contributed by atoms with Crippen LogP contribution in [0, 0.1) is 0 Å². The molecule has 1 N–H and O–H groups in total. The predicted molar refractivity (Wildman–Crippen MR) is 80.7 cm³/mol. The summed E-state index contributed by atoms with van der Waals surface area (Å²) in [6.45, 7) is 3.45. The lowest BCUT2D eigenvalue weighted by atomic mass is 10.0. The van der Waals surface area contributed by atoms with Gasteiger partial charge in [-0.1, -0.05) is 30.3 Å². The first-order valence-corrected chi connectivity index (χ1v) is 6.41. The molecule has 0 aliphatic rings. The van der Waals surface area contributed by atoms with Crippen LogP contribution >= 0.6 is 11.6 Å². The van der Waals surface area contributed by atoms with E-state index < -0.39 is 0 Å². The van der Waals surface area contributed by atoms with Crippen LogP contribution in [0.2, 0.25) is 5.02 Å². The summed E-state index contributed by atoms with van der Waals surface area (Å²) in [6, 6.07) is 12.9. The van der Waals surface area contributed by atoms with E-state index >= 15 is 0 Å². The minimum atomic E-state index is -0.0272. The average Bonchev–Trinajstić information content (AvgIpc) is 2.46. The van der Waals surface area contributed by atoms with Crippen molar-refractivity contribution < 1.29 is 14.6 Å². The molecule has 0 aromatic heterocycles. The van der Waals surface area contributed by atoms with Gasteiger partial charge in [-0.25, -0.2) is 0 Å². The van der Waals surface area contributed by atoms with Crippen molar-refractivity contribution in [3.8, 4) is 22.6 Å². The van der Waals surface area contributed by atoms with Crippen molar-refractivity contribution in [3.05, 3.63) is 59.8 Å². The Morgan fingerprint density at radius 3 is 2.50 bits per heavy atom. The zero-order valence-corrected chi connectivity index (χ0v) is 11.9. The van der Waals surface area contributed by atoms with Gasteiger partial charge in [0.05, 0.1) is 7.11 Å². The van der Waals surface area contributed by atoms with E-state index in [1.165, 1.54) is 0 Å². The number of aliphatic hydroxyl groups is 1. The third-order valence-electron chi connectivity index (χ3n) is 2.74. The van der Waals surface area contributed by atoms with Gasteiger partial charge in [-0.15, -0.1) is 0 Å². The summed E-state index contributed by atoms with van der Waals surface area (Å²) >= 11 is 6.04. The third kappa shape index (κ3) is 3.45. The Morgan fingerprint density at radius 2 is 1.90 bits per heavy atom. The van der Waals surface area contributed by atoms with E-state index in [0.717, 1.165) is 16.9 Å². The van der Waals surface area contributed by atoms with Crippen molar-refractivity contribution in [2.24, 2.45) is 0 Å². The maximum atomic E-state index is 9.14. The molecule has 4 heteroatoms. The lowest BCUT2D eigenvalue weighted by Crippen LogP contribution is -2.00. The first-order valence-electron chi connectivity index (χ1n) is 6.03. The number of halogens is 1. The molecule has 3 nitrogen and oxygen atoms in total. The molecule has 0 amide bonds. The van der Waals surface area contributed by atoms with Crippen molar-refractivity contribution >= 4 is 11.6 Å². The SMILES string of the molecule is C=C(O)COc1ccc(Cl)cc1-c1ccc(OC)cc1. The molecule has 104 valence electrons. The van der Waals surface area contributed by atoms with Gasteiger partial charge in [0.2, 0.25) is 0 Å². The molecule has 0 aliphatic heterocycles. The number of hydrogen-bond donors (Lipinski definition) is 1. The molecule has 2 aromatic carbocycles. The van der Waals surface area contributed by atoms with Crippen LogP contribution in [-0.2, 0) is 0 Å². The van der Waals surface area contributed by atoms with Crippen molar-refractivity contribution in [1.29, 1.82) is 0 Å². The minimum absolute atomic E-state index is 0.0272. The molecular weight excluding hydrogens is 276 g/mol. The number of methoxy groups -OCH3 is 1. The van der Waals surface area contributed by atoms with Crippen LogP contribution < -0.4 is 9.47 Å². The number of aliphatic hydroxyl groups excluding tert-OH is 1. The molecule has 0 atom stereocenters. The largest absolute Gasteiger partial charge is 0.509 e. The lowest BCUT2D eigenvalue weighted by molar-refractivity contribution is 0.273. The summed E-state index contributed by atoms with van der Waals surface area (Å²) in [4.78, 5) is 0. The summed E-state index contributed by atoms with van der Waals surface area (Å²) in [5.74, 6) is 1.39. The first kappa shape index (κ1) is 14.3. The number of rotatable bonds is 5. The molecule has 0 fully saturated rings. The van der Waals surface area contributed by atoms with E-state index in [9.17, 15) is 0 Å². The zero-order chi connectivity index (χ0) is 14.5. The van der Waals surface area contributed by atoms with Gasteiger partial charge < -0.3 is 14.6 Å². The van der Waals surface area contributed by atoms with Crippen LogP contribution in [0.1, 0.15) is 0 Å². The minimum Gasteiger partial charge on any atom is -0.509 e. The summed E-state index contributed by atoms with van der Waals surface area (Å²) in [5.41, 5.74) is 1.80. The van der Waals surface area contributed by atoms with Crippen LogP contribution in [0.4, 0.5) is 0 Å². The highest BCUT2D eigenvalue weighted by atomic mass is 35.5. The van der Waals surface area contributed by atoms with E-state index in [1.807, 2.05) is 30.3 Å². The molecule has 0 saturated heterocycles. The van der Waals surface area contributed by atoms with Gasteiger partial charge in [-0.3, -0.25) is 0 Å². The lowest BCUT2D eigenvalue weighted by Gasteiger charge is -2.12. The van der Waals surface area contributed by atoms with E-state index in [2.05, 4.69) is 6.58 Å². The van der Waals surface area contributed by atoms with Crippen LogP contribution in [0.5, 0.6) is 11.5 Å². The van der Waals surface area contributed by atoms with Gasteiger partial charge in [0.25, 0.3) is 0 Å². The Kier molecular flexibility index (Phi) is 4.53. The molecule has 0 spiro atoms. The first-order chi connectivity index (χ1) is 9.60. The van der Waals surface area contributed by atoms with Gasteiger partial charge in [-0.2, -0.15) is 0 Å². The fourth-order valence-electron chi connectivity index (χ4n) is 1.79. The number of ether oxygens (including phenoxy) is 2. The summed E-state index contributed by atoms with van der Waals surface area (Å²) in [5, 5.41) is 9.75. The van der Waals surface area contributed by atoms with E-state index in [1.54, 1.807) is 19.2 Å². The third-order valence-corrected chi connectivity index (χ3v) is 2.97. The van der Waals surface area contributed by atoms with Crippen LogP contribution in [0.15, 0.2) is 54.8 Å². The van der Waals surface area contributed by atoms with Crippen LogP contribution in [-0.4, -0.2) is 18.8 Å². The van der Waals surface area contributed by atoms with Crippen LogP contribution in [0.25, 0.3) is 11.1 Å². The Morgan fingerprint density at radius 1 is 1.20 bits per heavy atom. The van der Waals surface area contributed by atoms with Crippen molar-refractivity contribution in [2.75, 3.05) is 13.7 Å². The monoisotopic (exact) mass is 290 g/mol. The predicted octanol–water partition coefficient (Wildman–Crippen LogP) is 4.47. The Balaban J connectivity index is 2.36. The maximum absolute atomic E-state index is 9.14. The highest BCUT2D eigenvalue weighted by Gasteiger charge is 2.08. The average molecular weight is 291 g/mol. The topological polar surface area (TPSA) is 38.7 Å². The summed E-state index contributed by atoms with van der Waals surface area (Å²) in [6.07, 6.45) is 0. The molecule has 2 aromatic rings. The molecule has 2 rings (SSSR count). The van der Waals surface area contributed by atoms with Crippen molar-refractivity contribution in [2.45, 2.75) is 0 Å².